The predicted molar refractivity (Wildman–Crippen MR) is 107 cm³/mol. The third-order valence-corrected chi connectivity index (χ3v) is 4.95. The maximum atomic E-state index is 13.2. The Bertz CT molecular complexity index is 751. The van der Waals surface area contributed by atoms with Crippen LogP contribution in [-0.2, 0) is 4.74 Å². The van der Waals surface area contributed by atoms with Crippen LogP contribution in [0, 0.1) is 0 Å². The Balaban J connectivity index is 1.92. The van der Waals surface area contributed by atoms with Gasteiger partial charge in [-0.3, -0.25) is 4.79 Å². The highest BCUT2D eigenvalue weighted by Crippen LogP contribution is 2.23. The third kappa shape index (κ3) is 4.83. The van der Waals surface area contributed by atoms with Gasteiger partial charge in [-0.25, -0.2) is 9.97 Å². The number of carbonyl (C=O) groups excluding carboxylic acids is 1. The Morgan fingerprint density at radius 1 is 1.26 bits per heavy atom. The molecule has 1 fully saturated rings. The van der Waals surface area contributed by atoms with E-state index in [0.29, 0.717) is 36.5 Å². The summed E-state index contributed by atoms with van der Waals surface area (Å²) < 4.78 is 5.10. The van der Waals surface area contributed by atoms with Crippen molar-refractivity contribution in [2.24, 2.45) is 0 Å². The smallest absolute Gasteiger partial charge is 0.272 e. The summed E-state index contributed by atoms with van der Waals surface area (Å²) in [7, 11) is 1.66. The quantitative estimate of drug-likeness (QED) is 0.756. The van der Waals surface area contributed by atoms with E-state index in [1.165, 1.54) is 6.42 Å². The largest absolute Gasteiger partial charge is 0.383 e. The number of anilines is 1. The average Bonchev–Trinajstić information content (AvgIpc) is 2.74. The molecule has 1 aliphatic heterocycles. The van der Waals surface area contributed by atoms with Gasteiger partial charge in [0.1, 0.15) is 11.5 Å². The van der Waals surface area contributed by atoms with Crippen LogP contribution in [0.15, 0.2) is 36.4 Å². The van der Waals surface area contributed by atoms with Gasteiger partial charge in [-0.05, 0) is 25.7 Å². The van der Waals surface area contributed by atoms with Crippen LogP contribution in [0.3, 0.4) is 0 Å². The molecule has 1 aliphatic rings. The Labute approximate surface area is 161 Å². The minimum absolute atomic E-state index is 0.00378. The number of likely N-dealkylation sites (tertiary alicyclic amines) is 1. The Hall–Kier alpha value is -2.47. The molecule has 0 saturated carbocycles. The average molecular weight is 368 g/mol. The zero-order chi connectivity index (χ0) is 19.1. The molecule has 1 amide bonds. The number of piperidine rings is 1. The van der Waals surface area contributed by atoms with E-state index in [2.05, 4.69) is 22.2 Å². The second-order valence-corrected chi connectivity index (χ2v) is 6.80. The number of ether oxygens (including phenoxy) is 1. The molecule has 2 aromatic rings. The SMILES string of the molecule is CCC1CCCCN1C(=O)c1cc(NCCOC)nc(-c2ccccc2)n1. The molecule has 1 N–H and O–H groups in total. The summed E-state index contributed by atoms with van der Waals surface area (Å²) in [5.41, 5.74) is 1.34. The number of benzene rings is 1. The third-order valence-electron chi connectivity index (χ3n) is 4.95. The first kappa shape index (κ1) is 19.3. The fraction of sp³-hybridized carbons (Fsp3) is 0.476. The molecule has 0 aliphatic carbocycles. The molecule has 1 unspecified atom stereocenters. The number of hydrogen-bond donors (Lipinski definition) is 1. The number of rotatable bonds is 7. The highest BCUT2D eigenvalue weighted by atomic mass is 16.5. The zero-order valence-electron chi connectivity index (χ0n) is 16.1. The Morgan fingerprint density at radius 3 is 2.81 bits per heavy atom. The van der Waals surface area contributed by atoms with Crippen LogP contribution in [0.25, 0.3) is 11.4 Å². The van der Waals surface area contributed by atoms with E-state index in [4.69, 9.17) is 4.74 Å². The zero-order valence-corrected chi connectivity index (χ0v) is 16.1. The first-order chi connectivity index (χ1) is 13.2. The van der Waals surface area contributed by atoms with Gasteiger partial charge in [-0.15, -0.1) is 0 Å². The highest BCUT2D eigenvalue weighted by molar-refractivity contribution is 5.93. The number of aromatic nitrogens is 2. The lowest BCUT2D eigenvalue weighted by molar-refractivity contribution is 0.0602. The lowest BCUT2D eigenvalue weighted by atomic mass is 9.99. The van der Waals surface area contributed by atoms with Gasteiger partial charge in [-0.2, -0.15) is 0 Å². The second-order valence-electron chi connectivity index (χ2n) is 6.80. The van der Waals surface area contributed by atoms with Crippen molar-refractivity contribution < 1.29 is 9.53 Å². The number of nitrogens with zero attached hydrogens (tertiary/aromatic N) is 3. The van der Waals surface area contributed by atoms with Gasteiger partial charge >= 0.3 is 0 Å². The van der Waals surface area contributed by atoms with E-state index in [0.717, 1.165) is 31.4 Å². The molecule has 1 atom stereocenters. The molecule has 1 aromatic carbocycles. The lowest BCUT2D eigenvalue weighted by Gasteiger charge is -2.35. The van der Waals surface area contributed by atoms with E-state index in [-0.39, 0.29) is 5.91 Å². The lowest BCUT2D eigenvalue weighted by Crippen LogP contribution is -2.43. The molecular weight excluding hydrogens is 340 g/mol. The highest BCUT2D eigenvalue weighted by Gasteiger charge is 2.27. The van der Waals surface area contributed by atoms with Crippen molar-refractivity contribution in [3.05, 3.63) is 42.1 Å². The summed E-state index contributed by atoms with van der Waals surface area (Å²) in [4.78, 5) is 24.4. The van der Waals surface area contributed by atoms with Crippen LogP contribution >= 0.6 is 0 Å². The van der Waals surface area contributed by atoms with Crippen molar-refractivity contribution in [3.8, 4) is 11.4 Å². The summed E-state index contributed by atoms with van der Waals surface area (Å²) in [5, 5.41) is 3.23. The van der Waals surface area contributed by atoms with Crippen molar-refractivity contribution in [2.75, 3.05) is 32.1 Å². The van der Waals surface area contributed by atoms with Gasteiger partial charge in [0.2, 0.25) is 0 Å². The fourth-order valence-electron chi connectivity index (χ4n) is 3.48. The van der Waals surface area contributed by atoms with E-state index >= 15 is 0 Å². The van der Waals surface area contributed by atoms with E-state index in [9.17, 15) is 4.79 Å². The van der Waals surface area contributed by atoms with Crippen LogP contribution in [-0.4, -0.2) is 53.6 Å². The van der Waals surface area contributed by atoms with Crippen LogP contribution in [0.1, 0.15) is 43.1 Å². The van der Waals surface area contributed by atoms with E-state index in [1.54, 1.807) is 13.2 Å². The van der Waals surface area contributed by atoms with Crippen molar-refractivity contribution in [2.45, 2.75) is 38.6 Å². The van der Waals surface area contributed by atoms with Gasteiger partial charge in [0.05, 0.1) is 6.61 Å². The predicted octanol–water partition coefficient (Wildman–Crippen LogP) is 3.61. The van der Waals surface area contributed by atoms with Crippen LogP contribution in [0.5, 0.6) is 0 Å². The molecule has 144 valence electrons. The molecular formula is C21H28N4O2. The van der Waals surface area contributed by atoms with E-state index in [1.807, 2.05) is 35.2 Å². The molecule has 6 heteroatoms. The number of nitrogens with one attached hydrogen (secondary N) is 1. The van der Waals surface area contributed by atoms with Gasteiger partial charge in [0, 0.05) is 37.9 Å². The first-order valence-corrected chi connectivity index (χ1v) is 9.71. The summed E-state index contributed by atoms with van der Waals surface area (Å²) in [6, 6.07) is 11.8. The van der Waals surface area contributed by atoms with Crippen molar-refractivity contribution in [1.82, 2.24) is 14.9 Å². The van der Waals surface area contributed by atoms with Crippen molar-refractivity contribution in [3.63, 3.8) is 0 Å². The number of methoxy groups -OCH3 is 1. The molecule has 6 nitrogen and oxygen atoms in total. The summed E-state index contributed by atoms with van der Waals surface area (Å²) in [5.74, 6) is 1.21. The minimum atomic E-state index is -0.00378. The van der Waals surface area contributed by atoms with Gasteiger partial charge in [-0.1, -0.05) is 37.3 Å². The van der Waals surface area contributed by atoms with E-state index < -0.39 is 0 Å². The van der Waals surface area contributed by atoms with Crippen LogP contribution in [0.2, 0.25) is 0 Å². The fourth-order valence-corrected chi connectivity index (χ4v) is 3.48. The maximum Gasteiger partial charge on any atom is 0.272 e. The normalized spacial score (nSPS) is 17.0. The molecule has 27 heavy (non-hydrogen) atoms. The minimum Gasteiger partial charge on any atom is -0.383 e. The number of carbonyl (C=O) groups is 1. The Kier molecular flexibility index (Phi) is 6.76. The monoisotopic (exact) mass is 368 g/mol. The molecule has 3 rings (SSSR count). The molecule has 0 radical (unpaired) electrons. The Morgan fingerprint density at radius 2 is 2.07 bits per heavy atom. The van der Waals surface area contributed by atoms with Gasteiger partial charge in [0.25, 0.3) is 5.91 Å². The molecule has 1 saturated heterocycles. The molecule has 0 bridgehead atoms. The topological polar surface area (TPSA) is 67.4 Å². The summed E-state index contributed by atoms with van der Waals surface area (Å²) in [6.07, 6.45) is 4.28. The summed E-state index contributed by atoms with van der Waals surface area (Å²) >= 11 is 0. The van der Waals surface area contributed by atoms with Crippen LogP contribution < -0.4 is 5.32 Å². The number of amides is 1. The molecule has 0 spiro atoms. The maximum absolute atomic E-state index is 13.2. The van der Waals surface area contributed by atoms with Gasteiger partial charge < -0.3 is 15.0 Å². The van der Waals surface area contributed by atoms with Crippen molar-refractivity contribution in [1.29, 1.82) is 0 Å². The standard InChI is InChI=1S/C21H28N4O2/c1-3-17-11-7-8-13-25(17)21(26)18-15-19(22-12-14-27-2)24-20(23-18)16-9-5-4-6-10-16/h4-6,9-10,15,17H,3,7-8,11-14H2,1-2H3,(H,22,23,24). The molecule has 1 aromatic heterocycles. The second kappa shape index (κ2) is 9.46. The molecule has 2 heterocycles. The van der Waals surface area contributed by atoms with Crippen molar-refractivity contribution >= 4 is 11.7 Å². The first-order valence-electron chi connectivity index (χ1n) is 9.71. The summed E-state index contributed by atoms with van der Waals surface area (Å²) in [6.45, 7) is 4.13. The number of hydrogen-bond acceptors (Lipinski definition) is 5. The van der Waals surface area contributed by atoms with Gasteiger partial charge in [0.15, 0.2) is 5.82 Å². The van der Waals surface area contributed by atoms with Crippen LogP contribution in [0.4, 0.5) is 5.82 Å².